The van der Waals surface area contributed by atoms with Crippen LogP contribution in [0.15, 0.2) is 41.9 Å². The van der Waals surface area contributed by atoms with Crippen LogP contribution in [0.1, 0.15) is 82.8 Å². The number of aryl methyl sites for hydroxylation is 1. The number of nitrogens with one attached hydrogen (secondary N) is 2. The van der Waals surface area contributed by atoms with Gasteiger partial charge in [-0.05, 0) is 74.8 Å². The number of rotatable bonds is 7. The van der Waals surface area contributed by atoms with Gasteiger partial charge in [0.15, 0.2) is 0 Å². The van der Waals surface area contributed by atoms with Gasteiger partial charge in [0.1, 0.15) is 23.1 Å². The highest BCUT2D eigenvalue weighted by molar-refractivity contribution is 7.10. The van der Waals surface area contributed by atoms with Crippen LogP contribution >= 0.6 is 11.3 Å². The molecule has 1 aromatic carbocycles. The number of hydrazine groups is 1. The molecule has 4 aromatic rings. The van der Waals surface area contributed by atoms with Crippen molar-refractivity contribution < 1.29 is 28.6 Å². The van der Waals surface area contributed by atoms with E-state index < -0.39 is 41.5 Å². The molecule has 14 nitrogen and oxygen atoms in total. The number of hydrogen-bond donors (Lipinski definition) is 2. The van der Waals surface area contributed by atoms with Crippen LogP contribution in [-0.2, 0) is 41.6 Å². The van der Waals surface area contributed by atoms with E-state index in [1.807, 2.05) is 37.1 Å². The van der Waals surface area contributed by atoms with E-state index in [-0.39, 0.29) is 43.0 Å². The van der Waals surface area contributed by atoms with Gasteiger partial charge < -0.3 is 24.1 Å². The fraction of sp³-hybridized carbons (Fsp3) is 0.556. The van der Waals surface area contributed by atoms with Crippen LogP contribution in [0.2, 0.25) is 0 Å². The molecular weight excluding hydrogens is 781 g/mol. The van der Waals surface area contributed by atoms with Gasteiger partial charge in [0, 0.05) is 71.7 Å². The minimum Gasteiger partial charge on any atom is -0.464 e. The number of ether oxygens (including phenoxy) is 3. The summed E-state index contributed by atoms with van der Waals surface area (Å²) >= 11 is 1.41. The molecule has 318 valence electrons. The molecule has 3 aromatic heterocycles. The summed E-state index contributed by atoms with van der Waals surface area (Å²) in [5.41, 5.74) is 9.32. The number of pyridine rings is 1. The van der Waals surface area contributed by atoms with Crippen molar-refractivity contribution in [1.29, 1.82) is 5.26 Å². The van der Waals surface area contributed by atoms with Crippen LogP contribution in [0.3, 0.4) is 0 Å². The third-order valence-electron chi connectivity index (χ3n) is 13.1. The number of thiazole rings is 1. The Labute approximate surface area is 355 Å². The number of morpholine rings is 1. The molecule has 3 fully saturated rings. The average Bonchev–Trinajstić information content (AvgIpc) is 3.53. The summed E-state index contributed by atoms with van der Waals surface area (Å²) in [6.07, 6.45) is 3.15. The molecule has 1 saturated carbocycles. The highest BCUT2D eigenvalue weighted by Gasteiger charge is 2.51. The fourth-order valence-electron chi connectivity index (χ4n) is 9.39. The van der Waals surface area contributed by atoms with E-state index in [4.69, 9.17) is 24.2 Å². The predicted molar refractivity (Wildman–Crippen MR) is 227 cm³/mol. The number of benzene rings is 1. The molecule has 8 rings (SSSR count). The first kappa shape index (κ1) is 42.0. The largest absolute Gasteiger partial charge is 0.464 e. The van der Waals surface area contributed by atoms with Crippen LogP contribution < -0.4 is 10.7 Å². The molecule has 1 unspecified atom stereocenters. The van der Waals surface area contributed by atoms with Crippen molar-refractivity contribution in [2.24, 2.45) is 23.2 Å². The van der Waals surface area contributed by atoms with Crippen molar-refractivity contribution in [3.63, 3.8) is 0 Å². The van der Waals surface area contributed by atoms with Gasteiger partial charge in [0.25, 0.3) is 5.91 Å². The van der Waals surface area contributed by atoms with E-state index in [0.717, 1.165) is 44.7 Å². The zero-order chi connectivity index (χ0) is 42.5. The van der Waals surface area contributed by atoms with Crippen molar-refractivity contribution in [3.8, 4) is 28.6 Å². The molecule has 2 N–H and O–H groups in total. The summed E-state index contributed by atoms with van der Waals surface area (Å²) < 4.78 is 20.0. The van der Waals surface area contributed by atoms with Gasteiger partial charge in [-0.15, -0.1) is 11.3 Å². The first-order chi connectivity index (χ1) is 28.8. The Hall–Kier alpha value is -4.72. The van der Waals surface area contributed by atoms with E-state index in [9.17, 15) is 19.6 Å². The van der Waals surface area contributed by atoms with Crippen LogP contribution in [0.5, 0.6) is 0 Å². The Balaban J connectivity index is 1.32. The number of carbonyl (C=O) groups excluding carboxylic acids is 3. The second kappa shape index (κ2) is 17.0. The number of esters is 1. The zero-order valence-electron chi connectivity index (χ0n) is 35.6. The number of nitrogens with zero attached hydrogens (tertiary/aromatic N) is 6. The predicted octanol–water partition coefficient (Wildman–Crippen LogP) is 5.83. The molecule has 60 heavy (non-hydrogen) atoms. The Morgan fingerprint density at radius 1 is 1.20 bits per heavy atom. The number of methoxy groups -OCH3 is 1. The van der Waals surface area contributed by atoms with Gasteiger partial charge in [-0.25, -0.2) is 10.4 Å². The SMILES string of the molecule is CCn1c(-c2cccnc2[C@H](C)OC)c2c3cc(ccc31)-c1csc(n1)[C@@H](N1CCOC[C@@H]1C#N)[C@H](NC(=O)C1[C@@H](C)[C@H]1C)C(=O)N1CCC[C@H](N1)C(=O)OCC(C)(C)C2. The number of amides is 2. The highest BCUT2D eigenvalue weighted by atomic mass is 32.1. The van der Waals surface area contributed by atoms with Crippen molar-refractivity contribution in [2.45, 2.75) is 97.6 Å². The first-order valence-electron chi connectivity index (χ1n) is 21.2. The fourth-order valence-corrected chi connectivity index (χ4v) is 10.4. The van der Waals surface area contributed by atoms with Crippen molar-refractivity contribution in [1.82, 2.24) is 35.2 Å². The summed E-state index contributed by atoms with van der Waals surface area (Å²) in [5, 5.41) is 18.7. The van der Waals surface area contributed by atoms with E-state index in [2.05, 4.69) is 66.4 Å². The molecule has 0 spiro atoms. The van der Waals surface area contributed by atoms with Gasteiger partial charge in [-0.1, -0.05) is 33.8 Å². The summed E-state index contributed by atoms with van der Waals surface area (Å²) in [6, 6.07) is 9.45. The average molecular weight is 837 g/mol. The Bertz CT molecular complexity index is 2310. The van der Waals surface area contributed by atoms with Gasteiger partial charge in [0.2, 0.25) is 5.91 Å². The lowest BCUT2D eigenvalue weighted by atomic mass is 9.84. The molecule has 1 aliphatic carbocycles. The summed E-state index contributed by atoms with van der Waals surface area (Å²) in [7, 11) is 1.69. The quantitative estimate of drug-likeness (QED) is 0.216. The normalized spacial score (nSPS) is 27.8. The van der Waals surface area contributed by atoms with Crippen molar-refractivity contribution in [2.75, 3.05) is 40.0 Å². The van der Waals surface area contributed by atoms with Crippen molar-refractivity contribution in [3.05, 3.63) is 58.2 Å². The number of nitriles is 1. The third-order valence-corrected chi connectivity index (χ3v) is 14.0. The minimum absolute atomic E-state index is 0.144. The van der Waals surface area contributed by atoms with Gasteiger partial charge in [-0.2, -0.15) is 5.26 Å². The standard InChI is InChI=1S/C45H56N8O6S/c1-8-51-35-14-13-28-19-31(35)32(39(51)30-11-9-15-47-37(30)27(4)57-7)20-45(5,6)24-59-44(56)33-12-10-16-53(50-33)43(55)38(49-41(54)36-25(2)26(36)3)40(42-48-34(28)23-60-42)52-17-18-58-22-29(52)21-46/h9,11,13-15,19,23,25-27,29,33,36,38,40,50H,8,10,12,16-18,20,22,24H2,1-7H3,(H,49,54)/t25-,26+,27-,29-,33-,36?,38-,40-/m0/s1. The monoisotopic (exact) mass is 836 g/mol. The smallest absolute Gasteiger partial charge is 0.324 e. The Kier molecular flexibility index (Phi) is 11.9. The lowest BCUT2D eigenvalue weighted by Gasteiger charge is -2.42. The molecule has 6 heterocycles. The Morgan fingerprint density at radius 3 is 2.73 bits per heavy atom. The number of aromatic nitrogens is 3. The number of hydrogen-bond acceptors (Lipinski definition) is 12. The molecular formula is C45H56N8O6S. The maximum absolute atomic E-state index is 15.0. The second-order valence-corrected chi connectivity index (χ2v) is 18.5. The lowest BCUT2D eigenvalue weighted by Crippen LogP contribution is -2.63. The highest BCUT2D eigenvalue weighted by Crippen LogP contribution is 2.46. The van der Waals surface area contributed by atoms with Crippen molar-refractivity contribution >= 4 is 40.0 Å². The van der Waals surface area contributed by atoms with E-state index >= 15 is 0 Å². The van der Waals surface area contributed by atoms with Gasteiger partial charge in [-0.3, -0.25) is 29.3 Å². The minimum atomic E-state index is -1.12. The van der Waals surface area contributed by atoms with Crippen LogP contribution in [0.25, 0.3) is 33.4 Å². The van der Waals surface area contributed by atoms with E-state index in [0.29, 0.717) is 50.5 Å². The summed E-state index contributed by atoms with van der Waals surface area (Å²) in [5.74, 6) is -0.940. The van der Waals surface area contributed by atoms with Gasteiger partial charge in [0.05, 0.1) is 55.1 Å². The zero-order valence-corrected chi connectivity index (χ0v) is 36.4. The topological polar surface area (TPSA) is 164 Å². The second-order valence-electron chi connectivity index (χ2n) is 17.6. The maximum Gasteiger partial charge on any atom is 0.324 e. The molecule has 2 saturated heterocycles. The molecule has 6 bridgehead atoms. The van der Waals surface area contributed by atoms with Crippen LogP contribution in [0, 0.1) is 34.5 Å². The van der Waals surface area contributed by atoms with Crippen LogP contribution in [0.4, 0.5) is 0 Å². The molecule has 3 aliphatic heterocycles. The Morgan fingerprint density at radius 2 is 2.00 bits per heavy atom. The van der Waals surface area contributed by atoms with Crippen LogP contribution in [-0.4, -0.2) is 100 Å². The molecule has 15 heteroatoms. The molecule has 4 aliphatic rings. The molecule has 2 amide bonds. The third kappa shape index (κ3) is 7.84. The number of cyclic esters (lactones) is 1. The van der Waals surface area contributed by atoms with E-state index in [1.54, 1.807) is 13.3 Å². The summed E-state index contributed by atoms with van der Waals surface area (Å²) in [6.45, 7) is 14.5. The molecule has 8 atom stereocenters. The molecule has 0 radical (unpaired) electrons. The number of carbonyl (C=O) groups is 3. The summed E-state index contributed by atoms with van der Waals surface area (Å²) in [4.78, 5) is 55.0. The van der Waals surface area contributed by atoms with Gasteiger partial charge >= 0.3 is 5.97 Å². The lowest BCUT2D eigenvalue weighted by molar-refractivity contribution is -0.156. The maximum atomic E-state index is 15.0. The van der Waals surface area contributed by atoms with E-state index in [1.165, 1.54) is 16.3 Å². The first-order valence-corrected chi connectivity index (χ1v) is 22.1. The number of fused-ring (bicyclic) bond motifs is 6.